The van der Waals surface area contributed by atoms with E-state index in [0.717, 1.165) is 6.42 Å². The molecule has 3 heteroatoms. The van der Waals surface area contributed by atoms with Crippen LogP contribution in [0.2, 0.25) is 0 Å². The third-order valence-corrected chi connectivity index (χ3v) is 4.45. The van der Waals surface area contributed by atoms with Crippen LogP contribution in [0.4, 0.5) is 0 Å². The van der Waals surface area contributed by atoms with Crippen LogP contribution in [0.15, 0.2) is 0 Å². The van der Waals surface area contributed by atoms with Crippen molar-refractivity contribution in [2.24, 2.45) is 16.7 Å². The minimum Gasteiger partial charge on any atom is -0.396 e. The van der Waals surface area contributed by atoms with E-state index in [0.29, 0.717) is 12.3 Å². The largest absolute Gasteiger partial charge is 0.396 e. The molecular weight excluding hydrogens is 190 g/mol. The summed E-state index contributed by atoms with van der Waals surface area (Å²) in [5.41, 5.74) is 0.0533. The molecule has 1 N–H and O–H groups in total. The van der Waals surface area contributed by atoms with Crippen molar-refractivity contribution < 1.29 is 9.90 Å². The van der Waals surface area contributed by atoms with Gasteiger partial charge in [-0.05, 0) is 23.2 Å². The predicted octanol–water partition coefficient (Wildman–Crippen LogP) is 1.51. The molecule has 2 atom stereocenters. The molecule has 1 amide bonds. The first-order valence-electron chi connectivity index (χ1n) is 5.55. The molecule has 0 aromatic heterocycles. The van der Waals surface area contributed by atoms with Crippen molar-refractivity contribution in [1.82, 2.24) is 4.90 Å². The molecule has 1 fully saturated rings. The maximum Gasteiger partial charge on any atom is 0.222 e. The van der Waals surface area contributed by atoms with Gasteiger partial charge in [-0.3, -0.25) is 4.79 Å². The van der Waals surface area contributed by atoms with Gasteiger partial charge < -0.3 is 10.0 Å². The highest BCUT2D eigenvalue weighted by molar-refractivity contribution is 5.76. The third kappa shape index (κ3) is 1.89. The fraction of sp³-hybridized carbons (Fsp3) is 0.917. The van der Waals surface area contributed by atoms with E-state index in [-0.39, 0.29) is 23.3 Å². The van der Waals surface area contributed by atoms with Gasteiger partial charge in [-0.15, -0.1) is 0 Å². The maximum absolute atomic E-state index is 11.6. The van der Waals surface area contributed by atoms with E-state index in [1.807, 2.05) is 0 Å². The van der Waals surface area contributed by atoms with Gasteiger partial charge in [0.25, 0.3) is 0 Å². The Morgan fingerprint density at radius 2 is 1.93 bits per heavy atom. The standard InChI is InChI=1S/C12H23NO2/c1-11(2)7-9(12(11,3)8-14)6-10(15)13(4)5/h9,14H,6-8H2,1-5H3. The Hall–Kier alpha value is -0.570. The summed E-state index contributed by atoms with van der Waals surface area (Å²) >= 11 is 0. The molecule has 0 saturated heterocycles. The van der Waals surface area contributed by atoms with Gasteiger partial charge in [0.2, 0.25) is 5.91 Å². The van der Waals surface area contributed by atoms with Crippen LogP contribution in [-0.2, 0) is 4.79 Å². The molecule has 0 bridgehead atoms. The number of aliphatic hydroxyl groups excluding tert-OH is 1. The average Bonchev–Trinajstić information content (AvgIpc) is 2.15. The molecule has 1 saturated carbocycles. The van der Waals surface area contributed by atoms with Crippen molar-refractivity contribution >= 4 is 5.91 Å². The normalized spacial score (nSPS) is 33.3. The van der Waals surface area contributed by atoms with Crippen LogP contribution < -0.4 is 0 Å². The van der Waals surface area contributed by atoms with Gasteiger partial charge in [0, 0.05) is 27.1 Å². The average molecular weight is 213 g/mol. The Morgan fingerprint density at radius 3 is 2.27 bits per heavy atom. The number of nitrogens with zero attached hydrogens (tertiary/aromatic N) is 1. The molecule has 0 aromatic carbocycles. The lowest BCUT2D eigenvalue weighted by Gasteiger charge is -2.60. The molecule has 15 heavy (non-hydrogen) atoms. The van der Waals surface area contributed by atoms with Crippen LogP contribution in [0.5, 0.6) is 0 Å². The second-order valence-corrected chi connectivity index (χ2v) is 5.85. The number of aliphatic hydroxyl groups is 1. The molecule has 2 unspecified atom stereocenters. The highest BCUT2D eigenvalue weighted by atomic mass is 16.3. The van der Waals surface area contributed by atoms with E-state index in [4.69, 9.17) is 0 Å². The zero-order chi connectivity index (χ0) is 11.9. The molecule has 0 radical (unpaired) electrons. The Labute approximate surface area is 92.5 Å². The molecule has 3 nitrogen and oxygen atoms in total. The summed E-state index contributed by atoms with van der Waals surface area (Å²) in [4.78, 5) is 13.2. The monoisotopic (exact) mass is 213 g/mol. The summed E-state index contributed by atoms with van der Waals surface area (Å²) in [6, 6.07) is 0. The number of carbonyl (C=O) groups excluding carboxylic acids is 1. The van der Waals surface area contributed by atoms with E-state index in [1.165, 1.54) is 0 Å². The van der Waals surface area contributed by atoms with Crippen molar-refractivity contribution in [3.05, 3.63) is 0 Å². The first-order chi connectivity index (χ1) is 6.74. The first-order valence-corrected chi connectivity index (χ1v) is 5.55. The Balaban J connectivity index is 2.64. The number of amides is 1. The lowest BCUT2D eigenvalue weighted by atomic mass is 9.45. The lowest BCUT2D eigenvalue weighted by molar-refractivity contribution is -0.156. The Morgan fingerprint density at radius 1 is 1.40 bits per heavy atom. The number of hydrogen-bond acceptors (Lipinski definition) is 2. The summed E-state index contributed by atoms with van der Waals surface area (Å²) in [6.45, 7) is 6.59. The van der Waals surface area contributed by atoms with Crippen LogP contribution in [0.25, 0.3) is 0 Å². The van der Waals surface area contributed by atoms with Crippen molar-refractivity contribution in [1.29, 1.82) is 0 Å². The van der Waals surface area contributed by atoms with E-state index in [1.54, 1.807) is 19.0 Å². The minimum atomic E-state index is -0.0985. The lowest BCUT2D eigenvalue weighted by Crippen LogP contribution is -2.56. The number of carbonyl (C=O) groups is 1. The molecule has 1 aliphatic rings. The van der Waals surface area contributed by atoms with Gasteiger partial charge in [0.1, 0.15) is 0 Å². The minimum absolute atomic E-state index is 0.0985. The van der Waals surface area contributed by atoms with Crippen LogP contribution in [-0.4, -0.2) is 36.6 Å². The van der Waals surface area contributed by atoms with Crippen molar-refractivity contribution in [3.63, 3.8) is 0 Å². The van der Waals surface area contributed by atoms with Gasteiger partial charge in [0.15, 0.2) is 0 Å². The van der Waals surface area contributed by atoms with Crippen molar-refractivity contribution in [2.45, 2.75) is 33.6 Å². The summed E-state index contributed by atoms with van der Waals surface area (Å²) in [5, 5.41) is 9.48. The zero-order valence-corrected chi connectivity index (χ0v) is 10.5. The fourth-order valence-electron chi connectivity index (χ4n) is 2.53. The SMILES string of the molecule is CN(C)C(=O)CC1CC(C)(C)C1(C)CO. The molecule has 0 aromatic rings. The van der Waals surface area contributed by atoms with Crippen LogP contribution in [0.1, 0.15) is 33.6 Å². The van der Waals surface area contributed by atoms with Crippen LogP contribution in [0, 0.1) is 16.7 Å². The quantitative estimate of drug-likeness (QED) is 0.772. The molecular formula is C12H23NO2. The smallest absolute Gasteiger partial charge is 0.222 e. The molecule has 1 aliphatic carbocycles. The van der Waals surface area contributed by atoms with Crippen LogP contribution in [0.3, 0.4) is 0 Å². The second-order valence-electron chi connectivity index (χ2n) is 5.85. The van der Waals surface area contributed by atoms with Crippen LogP contribution >= 0.6 is 0 Å². The van der Waals surface area contributed by atoms with Gasteiger partial charge in [-0.25, -0.2) is 0 Å². The van der Waals surface area contributed by atoms with E-state index in [9.17, 15) is 9.90 Å². The molecule has 0 aliphatic heterocycles. The number of rotatable bonds is 3. The summed E-state index contributed by atoms with van der Waals surface area (Å²) < 4.78 is 0. The molecule has 88 valence electrons. The number of hydrogen-bond donors (Lipinski definition) is 1. The van der Waals surface area contributed by atoms with E-state index < -0.39 is 0 Å². The topological polar surface area (TPSA) is 40.5 Å². The highest BCUT2D eigenvalue weighted by Crippen LogP contribution is 2.61. The zero-order valence-electron chi connectivity index (χ0n) is 10.5. The van der Waals surface area contributed by atoms with Gasteiger partial charge >= 0.3 is 0 Å². The van der Waals surface area contributed by atoms with Gasteiger partial charge in [-0.1, -0.05) is 20.8 Å². The van der Waals surface area contributed by atoms with Crippen molar-refractivity contribution in [2.75, 3.05) is 20.7 Å². The fourth-order valence-corrected chi connectivity index (χ4v) is 2.53. The molecule has 0 heterocycles. The van der Waals surface area contributed by atoms with E-state index in [2.05, 4.69) is 20.8 Å². The summed E-state index contributed by atoms with van der Waals surface area (Å²) in [7, 11) is 3.56. The maximum atomic E-state index is 11.6. The second kappa shape index (κ2) is 3.78. The van der Waals surface area contributed by atoms with Gasteiger partial charge in [-0.2, -0.15) is 0 Å². The summed E-state index contributed by atoms with van der Waals surface area (Å²) in [5.74, 6) is 0.488. The third-order valence-electron chi connectivity index (χ3n) is 4.45. The Bertz CT molecular complexity index is 260. The van der Waals surface area contributed by atoms with Crippen molar-refractivity contribution in [3.8, 4) is 0 Å². The summed E-state index contributed by atoms with van der Waals surface area (Å²) in [6.07, 6.45) is 1.59. The Kier molecular flexibility index (Phi) is 3.15. The highest BCUT2D eigenvalue weighted by Gasteiger charge is 2.56. The van der Waals surface area contributed by atoms with E-state index >= 15 is 0 Å². The predicted molar refractivity (Wildman–Crippen MR) is 60.4 cm³/mol. The first kappa shape index (κ1) is 12.5. The van der Waals surface area contributed by atoms with Gasteiger partial charge in [0.05, 0.1) is 0 Å². The molecule has 0 spiro atoms. The molecule has 1 rings (SSSR count).